The zero-order valence-electron chi connectivity index (χ0n) is 10.2. The Labute approximate surface area is 96.4 Å². The van der Waals surface area contributed by atoms with Crippen molar-refractivity contribution in [3.63, 3.8) is 0 Å². The van der Waals surface area contributed by atoms with Crippen LogP contribution in [0.2, 0.25) is 0 Å². The highest BCUT2D eigenvalue weighted by Crippen LogP contribution is 2.05. The minimum atomic E-state index is -1.56. The second kappa shape index (κ2) is 10.6. The van der Waals surface area contributed by atoms with Gasteiger partial charge >= 0.3 is 11.4 Å². The van der Waals surface area contributed by atoms with Crippen molar-refractivity contribution < 1.29 is 12.6 Å². The Morgan fingerprint density at radius 1 is 1.07 bits per heavy atom. The van der Waals surface area contributed by atoms with E-state index < -0.39 is 11.4 Å². The van der Waals surface area contributed by atoms with E-state index in [1.165, 1.54) is 25.7 Å². The smallest absolute Gasteiger partial charge is 0.268 e. The van der Waals surface area contributed by atoms with Crippen molar-refractivity contribution in [3.05, 3.63) is 0 Å². The Bertz CT molecular complexity index is 160. The van der Waals surface area contributed by atoms with Gasteiger partial charge in [0.1, 0.15) is 0 Å². The summed E-state index contributed by atoms with van der Waals surface area (Å²) < 4.78 is 21.0. The van der Waals surface area contributed by atoms with Gasteiger partial charge in [0.25, 0.3) is 0 Å². The van der Waals surface area contributed by atoms with E-state index in [-0.39, 0.29) is 6.10 Å². The van der Waals surface area contributed by atoms with E-state index in [1.54, 1.807) is 0 Å². The first kappa shape index (κ1) is 15.1. The second-order valence-corrected chi connectivity index (χ2v) is 4.78. The van der Waals surface area contributed by atoms with Crippen molar-refractivity contribution in [2.24, 2.45) is 0 Å². The fourth-order valence-electron chi connectivity index (χ4n) is 1.19. The largest absolute Gasteiger partial charge is 0.304 e. The van der Waals surface area contributed by atoms with Crippen LogP contribution in [0, 0.1) is 0 Å². The lowest BCUT2D eigenvalue weighted by Gasteiger charge is -2.06. The van der Waals surface area contributed by atoms with Crippen LogP contribution in [-0.4, -0.2) is 16.9 Å². The first-order valence-electron chi connectivity index (χ1n) is 5.89. The van der Waals surface area contributed by atoms with Crippen molar-refractivity contribution in [2.75, 3.05) is 6.61 Å². The SMILES string of the molecule is CCCCCCCCOS(=O)OC(C)C. The summed E-state index contributed by atoms with van der Waals surface area (Å²) in [6.07, 6.45) is 7.19. The van der Waals surface area contributed by atoms with Gasteiger partial charge in [-0.3, -0.25) is 8.37 Å². The first-order valence-corrected chi connectivity index (χ1v) is 6.89. The molecule has 3 nitrogen and oxygen atoms in total. The molecule has 0 aromatic heterocycles. The van der Waals surface area contributed by atoms with Gasteiger partial charge in [-0.05, 0) is 20.3 Å². The van der Waals surface area contributed by atoms with E-state index in [9.17, 15) is 4.21 Å². The standard InChI is InChI=1S/C11H24O3S/c1-4-5-6-7-8-9-10-13-15(12)14-11(2)3/h11H,4-10H2,1-3H3. The van der Waals surface area contributed by atoms with E-state index in [4.69, 9.17) is 8.37 Å². The number of hydrogen-bond acceptors (Lipinski definition) is 3. The number of hydrogen-bond donors (Lipinski definition) is 0. The summed E-state index contributed by atoms with van der Waals surface area (Å²) in [5.41, 5.74) is 0. The second-order valence-electron chi connectivity index (χ2n) is 3.94. The molecule has 0 aliphatic rings. The summed E-state index contributed by atoms with van der Waals surface area (Å²) in [4.78, 5) is 0. The van der Waals surface area contributed by atoms with Crippen molar-refractivity contribution >= 4 is 11.4 Å². The molecule has 0 aliphatic carbocycles. The zero-order chi connectivity index (χ0) is 11.5. The Morgan fingerprint density at radius 2 is 1.67 bits per heavy atom. The molecule has 92 valence electrons. The Morgan fingerprint density at radius 3 is 2.27 bits per heavy atom. The lowest BCUT2D eigenvalue weighted by molar-refractivity contribution is 0.205. The Hall–Kier alpha value is 0.0700. The molecule has 4 heteroatoms. The first-order chi connectivity index (χ1) is 7.16. The molecule has 0 amide bonds. The molecule has 15 heavy (non-hydrogen) atoms. The third kappa shape index (κ3) is 12.0. The molecule has 0 heterocycles. The third-order valence-electron chi connectivity index (χ3n) is 1.95. The molecule has 0 N–H and O–H groups in total. The highest BCUT2D eigenvalue weighted by atomic mass is 32.2. The van der Waals surface area contributed by atoms with Gasteiger partial charge in [-0.15, -0.1) is 0 Å². The highest BCUT2D eigenvalue weighted by molar-refractivity contribution is 7.75. The monoisotopic (exact) mass is 236 g/mol. The van der Waals surface area contributed by atoms with E-state index in [0.29, 0.717) is 6.61 Å². The number of rotatable bonds is 10. The lowest BCUT2D eigenvalue weighted by Crippen LogP contribution is -2.09. The minimum Gasteiger partial charge on any atom is -0.268 e. The average Bonchev–Trinajstić information content (AvgIpc) is 2.15. The van der Waals surface area contributed by atoms with Crippen molar-refractivity contribution in [1.82, 2.24) is 0 Å². The van der Waals surface area contributed by atoms with Crippen LogP contribution in [0.4, 0.5) is 0 Å². The van der Waals surface area contributed by atoms with Gasteiger partial charge in [0.15, 0.2) is 0 Å². The molecule has 0 bridgehead atoms. The van der Waals surface area contributed by atoms with Gasteiger partial charge in [-0.25, -0.2) is 0 Å². The molecular formula is C11H24O3S. The maximum atomic E-state index is 11.1. The minimum absolute atomic E-state index is 0.0459. The van der Waals surface area contributed by atoms with Crippen molar-refractivity contribution in [1.29, 1.82) is 0 Å². The maximum absolute atomic E-state index is 11.1. The van der Waals surface area contributed by atoms with Crippen LogP contribution in [0.15, 0.2) is 0 Å². The molecule has 0 saturated heterocycles. The maximum Gasteiger partial charge on any atom is 0.304 e. The highest BCUT2D eigenvalue weighted by Gasteiger charge is 2.03. The van der Waals surface area contributed by atoms with Gasteiger partial charge in [0.05, 0.1) is 12.7 Å². The summed E-state index contributed by atoms with van der Waals surface area (Å²) >= 11 is -1.56. The van der Waals surface area contributed by atoms with Crippen molar-refractivity contribution in [3.8, 4) is 0 Å². The van der Waals surface area contributed by atoms with Gasteiger partial charge < -0.3 is 0 Å². The molecule has 0 fully saturated rings. The van der Waals surface area contributed by atoms with Crippen LogP contribution in [0.1, 0.15) is 59.3 Å². The van der Waals surface area contributed by atoms with Crippen LogP contribution in [0.25, 0.3) is 0 Å². The summed E-state index contributed by atoms with van der Waals surface area (Å²) in [7, 11) is 0. The third-order valence-corrected chi connectivity index (χ3v) is 2.85. The number of unbranched alkanes of at least 4 members (excludes halogenated alkanes) is 5. The summed E-state index contributed by atoms with van der Waals surface area (Å²) in [6, 6.07) is 0. The molecule has 1 unspecified atom stereocenters. The van der Waals surface area contributed by atoms with Crippen LogP contribution >= 0.6 is 0 Å². The Balaban J connectivity index is 3.13. The molecule has 0 rings (SSSR count). The van der Waals surface area contributed by atoms with Gasteiger partial charge in [-0.1, -0.05) is 39.0 Å². The summed E-state index contributed by atoms with van der Waals surface area (Å²) in [5, 5.41) is 0. The molecule has 0 aliphatic heterocycles. The van der Waals surface area contributed by atoms with Crippen molar-refractivity contribution in [2.45, 2.75) is 65.4 Å². The van der Waals surface area contributed by atoms with Crippen LogP contribution in [0.5, 0.6) is 0 Å². The van der Waals surface area contributed by atoms with Crippen LogP contribution < -0.4 is 0 Å². The fraction of sp³-hybridized carbons (Fsp3) is 1.00. The van der Waals surface area contributed by atoms with E-state index in [2.05, 4.69) is 6.92 Å². The molecule has 0 saturated carbocycles. The van der Waals surface area contributed by atoms with Gasteiger partial charge in [-0.2, -0.15) is 4.21 Å². The van der Waals surface area contributed by atoms with E-state index in [1.807, 2.05) is 13.8 Å². The molecule has 0 aromatic carbocycles. The lowest BCUT2D eigenvalue weighted by atomic mass is 10.1. The molecule has 0 radical (unpaired) electrons. The summed E-state index contributed by atoms with van der Waals surface area (Å²) in [5.74, 6) is 0. The Kier molecular flexibility index (Phi) is 10.6. The summed E-state index contributed by atoms with van der Waals surface area (Å²) in [6.45, 7) is 6.42. The van der Waals surface area contributed by atoms with Gasteiger partial charge in [0, 0.05) is 0 Å². The molecule has 0 aromatic rings. The molecule has 0 spiro atoms. The predicted molar refractivity (Wildman–Crippen MR) is 63.7 cm³/mol. The van der Waals surface area contributed by atoms with Gasteiger partial charge in [0.2, 0.25) is 0 Å². The zero-order valence-corrected chi connectivity index (χ0v) is 11.0. The quantitative estimate of drug-likeness (QED) is 0.546. The molecule has 1 atom stereocenters. The van der Waals surface area contributed by atoms with Crippen LogP contribution in [0.3, 0.4) is 0 Å². The van der Waals surface area contributed by atoms with Crippen LogP contribution in [-0.2, 0) is 19.7 Å². The van der Waals surface area contributed by atoms with E-state index >= 15 is 0 Å². The normalized spacial score (nSPS) is 13.3. The predicted octanol–water partition coefficient (Wildman–Crippen LogP) is 3.37. The topological polar surface area (TPSA) is 35.5 Å². The fourth-order valence-corrected chi connectivity index (χ4v) is 1.82. The molecular weight excluding hydrogens is 212 g/mol. The average molecular weight is 236 g/mol. The van der Waals surface area contributed by atoms with E-state index in [0.717, 1.165) is 12.8 Å².